The quantitative estimate of drug-likeness (QED) is 0.877. The van der Waals surface area contributed by atoms with E-state index in [9.17, 15) is 18.0 Å². The number of amides is 1. The molecular weight excluding hydrogens is 299 g/mol. The van der Waals surface area contributed by atoms with Crippen LogP contribution in [0, 0.1) is 5.92 Å². The summed E-state index contributed by atoms with van der Waals surface area (Å²) in [5.41, 5.74) is -0.670. The zero-order valence-electron chi connectivity index (χ0n) is 9.23. The van der Waals surface area contributed by atoms with Crippen LogP contribution in [0.3, 0.4) is 0 Å². The molecule has 0 aliphatic rings. The molecule has 94 valence electrons. The summed E-state index contributed by atoms with van der Waals surface area (Å²) >= 11 is 2.98. The Bertz CT molecular complexity index is 429. The number of carbonyl (C=O) groups is 1. The summed E-state index contributed by atoms with van der Waals surface area (Å²) in [5, 5.41) is 2.43. The molecule has 0 aliphatic heterocycles. The molecule has 1 N–H and O–H groups in total. The van der Waals surface area contributed by atoms with Crippen molar-refractivity contribution in [3.05, 3.63) is 28.2 Å². The van der Waals surface area contributed by atoms with Gasteiger partial charge in [-0.2, -0.15) is 13.2 Å². The Hall–Kier alpha value is -1.04. The van der Waals surface area contributed by atoms with Crippen molar-refractivity contribution in [2.24, 2.45) is 5.92 Å². The van der Waals surface area contributed by atoms with Crippen molar-refractivity contribution in [3.8, 4) is 0 Å². The molecule has 1 aromatic carbocycles. The molecule has 0 bridgehead atoms. The SMILES string of the molecule is CC(C)C(=O)Nc1cc(Br)cc(C(F)(F)F)c1. The first-order valence-corrected chi connectivity index (χ1v) is 5.68. The topological polar surface area (TPSA) is 29.1 Å². The maximum atomic E-state index is 12.5. The summed E-state index contributed by atoms with van der Waals surface area (Å²) in [6, 6.07) is 3.30. The van der Waals surface area contributed by atoms with Crippen LogP contribution in [0.5, 0.6) is 0 Å². The predicted octanol–water partition coefficient (Wildman–Crippen LogP) is 4.06. The third-order valence-electron chi connectivity index (χ3n) is 2.02. The Morgan fingerprint density at radius 3 is 2.35 bits per heavy atom. The van der Waals surface area contributed by atoms with Gasteiger partial charge < -0.3 is 5.32 Å². The number of rotatable bonds is 2. The van der Waals surface area contributed by atoms with Crippen LogP contribution >= 0.6 is 15.9 Å². The van der Waals surface area contributed by atoms with Crippen LogP contribution in [0.2, 0.25) is 0 Å². The molecule has 0 saturated carbocycles. The average Bonchev–Trinajstić information content (AvgIpc) is 2.15. The molecule has 0 fully saturated rings. The Labute approximate surface area is 105 Å². The van der Waals surface area contributed by atoms with Gasteiger partial charge in [0.15, 0.2) is 0 Å². The van der Waals surface area contributed by atoms with Crippen LogP contribution in [0.1, 0.15) is 19.4 Å². The Morgan fingerprint density at radius 1 is 1.29 bits per heavy atom. The first-order chi connectivity index (χ1) is 7.70. The van der Waals surface area contributed by atoms with Gasteiger partial charge in [-0.05, 0) is 18.2 Å². The third kappa shape index (κ3) is 4.03. The first kappa shape index (κ1) is 14.0. The van der Waals surface area contributed by atoms with Gasteiger partial charge in [-0.15, -0.1) is 0 Å². The lowest BCUT2D eigenvalue weighted by molar-refractivity contribution is -0.137. The van der Waals surface area contributed by atoms with Gasteiger partial charge in [0.1, 0.15) is 0 Å². The van der Waals surface area contributed by atoms with Gasteiger partial charge in [0, 0.05) is 16.1 Å². The molecule has 17 heavy (non-hydrogen) atoms. The zero-order valence-corrected chi connectivity index (χ0v) is 10.8. The minimum absolute atomic E-state index is 0.130. The third-order valence-corrected chi connectivity index (χ3v) is 2.47. The van der Waals surface area contributed by atoms with Crippen LogP contribution in [0.4, 0.5) is 18.9 Å². The van der Waals surface area contributed by atoms with Crippen LogP contribution in [0.25, 0.3) is 0 Å². The molecule has 1 amide bonds. The lowest BCUT2D eigenvalue weighted by Gasteiger charge is -2.12. The average molecular weight is 310 g/mol. The fraction of sp³-hybridized carbons (Fsp3) is 0.364. The van der Waals surface area contributed by atoms with Crippen molar-refractivity contribution in [3.63, 3.8) is 0 Å². The fourth-order valence-corrected chi connectivity index (χ4v) is 1.61. The summed E-state index contributed by atoms with van der Waals surface area (Å²) in [6.07, 6.45) is -4.43. The summed E-state index contributed by atoms with van der Waals surface area (Å²) < 4.78 is 37.8. The number of carbonyl (C=O) groups excluding carboxylic acids is 1. The van der Waals surface area contributed by atoms with Crippen molar-refractivity contribution in [1.29, 1.82) is 0 Å². The second-order valence-electron chi connectivity index (χ2n) is 3.87. The molecule has 0 spiro atoms. The summed E-state index contributed by atoms with van der Waals surface area (Å²) in [5.74, 6) is -0.612. The molecule has 1 rings (SSSR count). The van der Waals surface area contributed by atoms with Gasteiger partial charge in [-0.1, -0.05) is 29.8 Å². The van der Waals surface area contributed by atoms with E-state index < -0.39 is 11.7 Å². The largest absolute Gasteiger partial charge is 0.416 e. The van der Waals surface area contributed by atoms with Crippen molar-refractivity contribution in [1.82, 2.24) is 0 Å². The normalized spacial score (nSPS) is 11.7. The number of nitrogens with one attached hydrogen (secondary N) is 1. The number of hydrogen-bond donors (Lipinski definition) is 1. The van der Waals surface area contributed by atoms with Gasteiger partial charge in [-0.25, -0.2) is 0 Å². The smallest absolute Gasteiger partial charge is 0.326 e. The van der Waals surface area contributed by atoms with Gasteiger partial charge in [-0.3, -0.25) is 4.79 Å². The molecule has 6 heteroatoms. The highest BCUT2D eigenvalue weighted by Gasteiger charge is 2.31. The number of alkyl halides is 3. The minimum atomic E-state index is -4.43. The van der Waals surface area contributed by atoms with E-state index in [0.29, 0.717) is 0 Å². The standard InChI is InChI=1S/C11H11BrF3NO/c1-6(2)10(17)16-9-4-7(11(13,14)15)3-8(12)5-9/h3-6H,1-2H3,(H,16,17). The lowest BCUT2D eigenvalue weighted by Crippen LogP contribution is -2.18. The van der Waals surface area contributed by atoms with Crippen LogP contribution in [-0.2, 0) is 11.0 Å². The van der Waals surface area contributed by atoms with Crippen molar-refractivity contribution in [2.75, 3.05) is 5.32 Å². The Morgan fingerprint density at radius 2 is 1.88 bits per heavy atom. The molecule has 0 heterocycles. The molecule has 0 radical (unpaired) electrons. The van der Waals surface area contributed by atoms with Gasteiger partial charge in [0.05, 0.1) is 5.56 Å². The van der Waals surface area contributed by atoms with E-state index in [4.69, 9.17) is 0 Å². The maximum absolute atomic E-state index is 12.5. The minimum Gasteiger partial charge on any atom is -0.326 e. The molecular formula is C11H11BrF3NO. The van der Waals surface area contributed by atoms with E-state index in [0.717, 1.165) is 12.1 Å². The maximum Gasteiger partial charge on any atom is 0.416 e. The number of halogens is 4. The highest BCUT2D eigenvalue weighted by molar-refractivity contribution is 9.10. The molecule has 0 aliphatic carbocycles. The Balaban J connectivity index is 3.02. The van der Waals surface area contributed by atoms with Gasteiger partial charge in [0.25, 0.3) is 0 Å². The van der Waals surface area contributed by atoms with Crippen molar-refractivity contribution in [2.45, 2.75) is 20.0 Å². The van der Waals surface area contributed by atoms with E-state index in [1.54, 1.807) is 13.8 Å². The fourth-order valence-electron chi connectivity index (χ4n) is 1.11. The predicted molar refractivity (Wildman–Crippen MR) is 62.6 cm³/mol. The first-order valence-electron chi connectivity index (χ1n) is 4.89. The molecule has 0 aromatic heterocycles. The summed E-state index contributed by atoms with van der Waals surface area (Å²) in [4.78, 5) is 11.4. The highest BCUT2D eigenvalue weighted by Crippen LogP contribution is 2.33. The molecule has 2 nitrogen and oxygen atoms in total. The summed E-state index contributed by atoms with van der Waals surface area (Å²) in [6.45, 7) is 3.33. The highest BCUT2D eigenvalue weighted by atomic mass is 79.9. The Kier molecular flexibility index (Phi) is 4.19. The van der Waals surface area contributed by atoms with E-state index in [-0.39, 0.29) is 22.0 Å². The number of hydrogen-bond acceptors (Lipinski definition) is 1. The summed E-state index contributed by atoms with van der Waals surface area (Å²) in [7, 11) is 0. The monoisotopic (exact) mass is 309 g/mol. The van der Waals surface area contributed by atoms with Crippen LogP contribution < -0.4 is 5.32 Å². The van der Waals surface area contributed by atoms with Crippen molar-refractivity contribution >= 4 is 27.5 Å². The van der Waals surface area contributed by atoms with E-state index in [1.807, 2.05) is 0 Å². The van der Waals surface area contributed by atoms with Crippen LogP contribution in [0.15, 0.2) is 22.7 Å². The van der Waals surface area contributed by atoms with Crippen molar-refractivity contribution < 1.29 is 18.0 Å². The molecule has 0 atom stereocenters. The molecule has 0 unspecified atom stereocenters. The molecule has 1 aromatic rings. The lowest BCUT2D eigenvalue weighted by atomic mass is 10.1. The van der Waals surface area contributed by atoms with Crippen LogP contribution in [-0.4, -0.2) is 5.91 Å². The van der Waals surface area contributed by atoms with E-state index in [2.05, 4.69) is 21.2 Å². The van der Waals surface area contributed by atoms with E-state index in [1.165, 1.54) is 6.07 Å². The number of benzene rings is 1. The van der Waals surface area contributed by atoms with Gasteiger partial charge >= 0.3 is 6.18 Å². The van der Waals surface area contributed by atoms with E-state index >= 15 is 0 Å². The second kappa shape index (κ2) is 5.08. The van der Waals surface area contributed by atoms with Gasteiger partial charge in [0.2, 0.25) is 5.91 Å². The number of anilines is 1. The molecule has 0 saturated heterocycles. The zero-order chi connectivity index (χ0) is 13.2. The second-order valence-corrected chi connectivity index (χ2v) is 4.79.